The lowest BCUT2D eigenvalue weighted by Crippen LogP contribution is -2.31. The van der Waals surface area contributed by atoms with E-state index in [1.807, 2.05) is 6.92 Å². The standard InChI is InChI=1S/C18H18FNO5S/c1-12-7-8-14(9-13(12)2)26(23,24)20-10-18(22)25-11-17(21)15-5-3-4-6-16(15)19/h3-9,20H,10-11H2,1-2H3. The van der Waals surface area contributed by atoms with Gasteiger partial charge in [-0.05, 0) is 49.2 Å². The molecule has 0 saturated carbocycles. The van der Waals surface area contributed by atoms with Gasteiger partial charge in [-0.25, -0.2) is 12.8 Å². The van der Waals surface area contributed by atoms with E-state index in [1.54, 1.807) is 13.0 Å². The third kappa shape index (κ3) is 4.96. The number of aryl methyl sites for hydroxylation is 2. The Morgan fingerprint density at radius 2 is 1.77 bits per heavy atom. The van der Waals surface area contributed by atoms with Gasteiger partial charge in [0.2, 0.25) is 15.8 Å². The van der Waals surface area contributed by atoms with Crippen LogP contribution >= 0.6 is 0 Å². The van der Waals surface area contributed by atoms with Crippen LogP contribution in [0.25, 0.3) is 0 Å². The second-order valence-electron chi connectivity index (χ2n) is 5.63. The average Bonchev–Trinajstić information content (AvgIpc) is 2.60. The molecule has 0 aliphatic rings. The Morgan fingerprint density at radius 3 is 2.42 bits per heavy atom. The van der Waals surface area contributed by atoms with E-state index in [0.29, 0.717) is 0 Å². The van der Waals surface area contributed by atoms with Crippen LogP contribution in [0.15, 0.2) is 47.4 Å². The number of benzene rings is 2. The van der Waals surface area contributed by atoms with Crippen molar-refractivity contribution in [3.8, 4) is 0 Å². The van der Waals surface area contributed by atoms with E-state index in [0.717, 1.165) is 17.2 Å². The highest BCUT2D eigenvalue weighted by Gasteiger charge is 2.18. The lowest BCUT2D eigenvalue weighted by Gasteiger charge is -2.09. The first-order valence-corrected chi connectivity index (χ1v) is 9.19. The van der Waals surface area contributed by atoms with Crippen LogP contribution in [0.3, 0.4) is 0 Å². The van der Waals surface area contributed by atoms with Crippen LogP contribution in [0.5, 0.6) is 0 Å². The fourth-order valence-corrected chi connectivity index (χ4v) is 3.13. The maximum absolute atomic E-state index is 13.5. The van der Waals surface area contributed by atoms with E-state index >= 15 is 0 Å². The maximum atomic E-state index is 13.5. The third-order valence-corrected chi connectivity index (χ3v) is 5.13. The number of carbonyl (C=O) groups excluding carboxylic acids is 2. The minimum atomic E-state index is -3.89. The molecule has 0 unspecified atom stereocenters. The summed E-state index contributed by atoms with van der Waals surface area (Å²) in [7, 11) is -3.89. The van der Waals surface area contributed by atoms with Crippen LogP contribution in [0, 0.1) is 19.7 Å². The van der Waals surface area contributed by atoms with Crippen LogP contribution in [0.1, 0.15) is 21.5 Å². The van der Waals surface area contributed by atoms with Crippen LogP contribution < -0.4 is 4.72 Å². The summed E-state index contributed by atoms with van der Waals surface area (Å²) >= 11 is 0. The molecule has 6 nitrogen and oxygen atoms in total. The molecule has 0 atom stereocenters. The summed E-state index contributed by atoms with van der Waals surface area (Å²) in [6, 6.07) is 9.88. The highest BCUT2D eigenvalue weighted by atomic mass is 32.2. The summed E-state index contributed by atoms with van der Waals surface area (Å²) in [4.78, 5) is 23.5. The molecule has 26 heavy (non-hydrogen) atoms. The number of halogens is 1. The topological polar surface area (TPSA) is 89.5 Å². The smallest absolute Gasteiger partial charge is 0.321 e. The average molecular weight is 379 g/mol. The molecular formula is C18H18FNO5S. The summed E-state index contributed by atoms with van der Waals surface area (Å²) in [5.41, 5.74) is 1.54. The van der Waals surface area contributed by atoms with Crippen molar-refractivity contribution in [1.29, 1.82) is 0 Å². The Bertz CT molecular complexity index is 940. The largest absolute Gasteiger partial charge is 0.456 e. The van der Waals surface area contributed by atoms with Gasteiger partial charge < -0.3 is 4.74 Å². The molecule has 0 amide bonds. The number of carbonyl (C=O) groups is 2. The van der Waals surface area contributed by atoms with Crippen LogP contribution in [0.2, 0.25) is 0 Å². The van der Waals surface area contributed by atoms with Gasteiger partial charge in [-0.3, -0.25) is 9.59 Å². The predicted molar refractivity (Wildman–Crippen MR) is 92.8 cm³/mol. The van der Waals surface area contributed by atoms with E-state index in [2.05, 4.69) is 4.72 Å². The van der Waals surface area contributed by atoms with Gasteiger partial charge >= 0.3 is 5.97 Å². The molecule has 138 valence electrons. The minimum absolute atomic E-state index is 0.0239. The van der Waals surface area contributed by atoms with Gasteiger partial charge in [-0.15, -0.1) is 0 Å². The molecule has 0 aromatic heterocycles. The van der Waals surface area contributed by atoms with Crippen molar-refractivity contribution in [3.05, 3.63) is 65.0 Å². The van der Waals surface area contributed by atoms with E-state index < -0.39 is 40.7 Å². The number of sulfonamides is 1. The molecule has 0 bridgehead atoms. The maximum Gasteiger partial charge on any atom is 0.321 e. The van der Waals surface area contributed by atoms with Crippen molar-refractivity contribution < 1.29 is 27.1 Å². The Hall–Kier alpha value is -2.58. The SMILES string of the molecule is Cc1ccc(S(=O)(=O)NCC(=O)OCC(=O)c2ccccc2F)cc1C. The van der Waals surface area contributed by atoms with Crippen LogP contribution in [-0.2, 0) is 19.6 Å². The number of Topliss-reactive ketones (excluding diaryl/α,β-unsaturated/α-hetero) is 1. The molecule has 0 fully saturated rings. The zero-order chi connectivity index (χ0) is 19.3. The monoisotopic (exact) mass is 379 g/mol. The van der Waals surface area contributed by atoms with E-state index in [-0.39, 0.29) is 10.5 Å². The molecule has 0 heterocycles. The summed E-state index contributed by atoms with van der Waals surface area (Å²) in [6.45, 7) is 2.31. The van der Waals surface area contributed by atoms with Crippen LogP contribution in [-0.4, -0.2) is 33.3 Å². The first-order valence-electron chi connectivity index (χ1n) is 7.71. The number of ketones is 1. The van der Waals surface area contributed by atoms with Crippen molar-refractivity contribution >= 4 is 21.8 Å². The zero-order valence-corrected chi connectivity index (χ0v) is 15.1. The summed E-state index contributed by atoms with van der Waals surface area (Å²) in [6.07, 6.45) is 0. The highest BCUT2D eigenvalue weighted by molar-refractivity contribution is 7.89. The van der Waals surface area contributed by atoms with E-state index in [4.69, 9.17) is 4.74 Å². The lowest BCUT2D eigenvalue weighted by atomic mass is 10.1. The van der Waals surface area contributed by atoms with E-state index in [1.165, 1.54) is 30.3 Å². The van der Waals surface area contributed by atoms with Crippen molar-refractivity contribution in [1.82, 2.24) is 4.72 Å². The van der Waals surface area contributed by atoms with Gasteiger partial charge in [0.1, 0.15) is 12.4 Å². The molecule has 8 heteroatoms. The Balaban J connectivity index is 1.91. The van der Waals surface area contributed by atoms with Crippen molar-refractivity contribution in [2.45, 2.75) is 18.7 Å². The normalized spacial score (nSPS) is 11.2. The molecule has 0 aliphatic heterocycles. The number of hydrogen-bond acceptors (Lipinski definition) is 5. The zero-order valence-electron chi connectivity index (χ0n) is 14.3. The van der Waals surface area contributed by atoms with Gasteiger partial charge in [0.05, 0.1) is 10.5 Å². The second-order valence-corrected chi connectivity index (χ2v) is 7.40. The number of esters is 1. The number of ether oxygens (including phenoxy) is 1. The van der Waals surface area contributed by atoms with Crippen LogP contribution in [0.4, 0.5) is 4.39 Å². The van der Waals surface area contributed by atoms with Crippen molar-refractivity contribution in [2.24, 2.45) is 0 Å². The van der Waals surface area contributed by atoms with Gasteiger partial charge in [0.25, 0.3) is 0 Å². The predicted octanol–water partition coefficient (Wildman–Crippen LogP) is 2.15. The van der Waals surface area contributed by atoms with Gasteiger partial charge in [0.15, 0.2) is 6.61 Å². The molecule has 1 N–H and O–H groups in total. The Labute approximate surface area is 151 Å². The molecule has 0 aliphatic carbocycles. The fraction of sp³-hybridized carbons (Fsp3) is 0.222. The van der Waals surface area contributed by atoms with E-state index in [9.17, 15) is 22.4 Å². The minimum Gasteiger partial charge on any atom is -0.456 e. The molecule has 0 saturated heterocycles. The third-order valence-electron chi connectivity index (χ3n) is 3.73. The molecule has 2 aromatic rings. The number of hydrogen-bond donors (Lipinski definition) is 1. The van der Waals surface area contributed by atoms with Crippen molar-refractivity contribution in [2.75, 3.05) is 13.2 Å². The van der Waals surface area contributed by atoms with Gasteiger partial charge in [-0.2, -0.15) is 4.72 Å². The molecule has 0 radical (unpaired) electrons. The summed E-state index contributed by atoms with van der Waals surface area (Å²) in [5, 5.41) is 0. The Kier molecular flexibility index (Phi) is 6.23. The van der Waals surface area contributed by atoms with Gasteiger partial charge in [-0.1, -0.05) is 18.2 Å². The first kappa shape index (κ1) is 19.7. The summed E-state index contributed by atoms with van der Waals surface area (Å²) in [5.74, 6) is -2.38. The highest BCUT2D eigenvalue weighted by Crippen LogP contribution is 2.14. The Morgan fingerprint density at radius 1 is 1.08 bits per heavy atom. The molecule has 2 aromatic carbocycles. The fourth-order valence-electron chi connectivity index (χ4n) is 2.08. The summed E-state index contributed by atoms with van der Waals surface area (Å²) < 4.78 is 44.6. The second kappa shape index (κ2) is 8.20. The first-order chi connectivity index (χ1) is 12.2. The quantitative estimate of drug-likeness (QED) is 0.588. The molecule has 0 spiro atoms. The molecular weight excluding hydrogens is 361 g/mol. The number of nitrogens with one attached hydrogen (secondary N) is 1. The van der Waals surface area contributed by atoms with Gasteiger partial charge in [0, 0.05) is 0 Å². The van der Waals surface area contributed by atoms with Crippen molar-refractivity contribution in [3.63, 3.8) is 0 Å². The molecule has 2 rings (SSSR count). The lowest BCUT2D eigenvalue weighted by molar-refractivity contribution is -0.141. The number of rotatable bonds is 7.